The molecule has 1 aliphatic rings. The fraction of sp³-hybridized carbons (Fsp3) is 0.778. The monoisotopic (exact) mass is 197 g/mol. The van der Waals surface area contributed by atoms with E-state index in [1.165, 1.54) is 18.0 Å². The van der Waals surface area contributed by atoms with Crippen LogP contribution in [0.15, 0.2) is 0 Å². The quantitative estimate of drug-likeness (QED) is 0.727. The first-order chi connectivity index (χ1) is 6.22. The molecule has 2 atom stereocenters. The van der Waals surface area contributed by atoms with Gasteiger partial charge < -0.3 is 4.90 Å². The summed E-state index contributed by atoms with van der Waals surface area (Å²) in [6.07, 6.45) is 2.22. The summed E-state index contributed by atoms with van der Waals surface area (Å²) in [4.78, 5) is 6.84. The van der Waals surface area contributed by atoms with Gasteiger partial charge in [0.05, 0.1) is 0 Å². The van der Waals surface area contributed by atoms with Crippen LogP contribution in [0.2, 0.25) is 0 Å². The molecule has 0 aromatic carbocycles. The van der Waals surface area contributed by atoms with Crippen LogP contribution in [0.3, 0.4) is 0 Å². The molecule has 4 heteroatoms. The zero-order chi connectivity index (χ0) is 9.42. The maximum atomic E-state index is 4.48. The second-order valence-electron chi connectivity index (χ2n) is 3.69. The number of aromatic nitrogens is 2. The van der Waals surface area contributed by atoms with Gasteiger partial charge in [-0.15, -0.1) is 0 Å². The van der Waals surface area contributed by atoms with Crippen molar-refractivity contribution >= 4 is 16.7 Å². The lowest BCUT2D eigenvalue weighted by molar-refractivity contribution is 0.379. The summed E-state index contributed by atoms with van der Waals surface area (Å²) < 4.78 is 4.30. The smallest absolute Gasteiger partial charge is 0.205 e. The largest absolute Gasteiger partial charge is 0.341 e. The molecule has 1 aliphatic heterocycles. The second kappa shape index (κ2) is 3.25. The van der Waals surface area contributed by atoms with Gasteiger partial charge >= 0.3 is 0 Å². The highest BCUT2D eigenvalue weighted by molar-refractivity contribution is 7.09. The van der Waals surface area contributed by atoms with Crippen molar-refractivity contribution in [2.75, 3.05) is 4.90 Å². The van der Waals surface area contributed by atoms with Crippen LogP contribution in [0.1, 0.15) is 33.0 Å². The van der Waals surface area contributed by atoms with Gasteiger partial charge in [-0.2, -0.15) is 4.37 Å². The van der Waals surface area contributed by atoms with Crippen LogP contribution in [0.25, 0.3) is 0 Å². The van der Waals surface area contributed by atoms with E-state index in [0.29, 0.717) is 12.1 Å². The summed E-state index contributed by atoms with van der Waals surface area (Å²) in [7, 11) is 0. The number of hydrogen-bond donors (Lipinski definition) is 0. The minimum absolute atomic E-state index is 0.646. The Kier molecular flexibility index (Phi) is 2.24. The highest BCUT2D eigenvalue weighted by Gasteiger charge is 2.33. The third-order valence-corrected chi connectivity index (χ3v) is 3.39. The van der Waals surface area contributed by atoms with Crippen molar-refractivity contribution in [3.05, 3.63) is 5.82 Å². The summed E-state index contributed by atoms with van der Waals surface area (Å²) >= 11 is 1.53. The van der Waals surface area contributed by atoms with Crippen LogP contribution in [-0.2, 0) is 6.42 Å². The topological polar surface area (TPSA) is 29.0 Å². The SMILES string of the molecule is CCc1nsc(N2C(C)CC2C)n1. The van der Waals surface area contributed by atoms with Gasteiger partial charge in [0.1, 0.15) is 5.82 Å². The molecule has 1 aromatic rings. The first-order valence-electron chi connectivity index (χ1n) is 4.83. The zero-order valence-corrected chi connectivity index (χ0v) is 9.14. The van der Waals surface area contributed by atoms with Crippen molar-refractivity contribution < 1.29 is 0 Å². The van der Waals surface area contributed by atoms with Crippen molar-refractivity contribution in [2.24, 2.45) is 0 Å². The second-order valence-corrected chi connectivity index (χ2v) is 4.42. The van der Waals surface area contributed by atoms with E-state index in [0.717, 1.165) is 17.4 Å². The molecule has 3 nitrogen and oxygen atoms in total. The van der Waals surface area contributed by atoms with E-state index in [2.05, 4.69) is 35.0 Å². The Bertz CT molecular complexity index is 289. The van der Waals surface area contributed by atoms with Gasteiger partial charge in [-0.05, 0) is 20.3 Å². The number of nitrogens with zero attached hydrogens (tertiary/aromatic N) is 3. The van der Waals surface area contributed by atoms with E-state index in [1.807, 2.05) is 0 Å². The van der Waals surface area contributed by atoms with Gasteiger partial charge in [0, 0.05) is 30.0 Å². The number of aryl methyl sites for hydroxylation is 1. The predicted octanol–water partition coefficient (Wildman–Crippen LogP) is 2.09. The van der Waals surface area contributed by atoms with Crippen molar-refractivity contribution in [1.82, 2.24) is 9.36 Å². The minimum atomic E-state index is 0.646. The van der Waals surface area contributed by atoms with Crippen molar-refractivity contribution in [2.45, 2.75) is 45.7 Å². The van der Waals surface area contributed by atoms with Crippen LogP contribution in [-0.4, -0.2) is 21.4 Å². The van der Waals surface area contributed by atoms with Gasteiger partial charge in [0.25, 0.3) is 0 Å². The fourth-order valence-electron chi connectivity index (χ4n) is 1.89. The Morgan fingerprint density at radius 1 is 1.46 bits per heavy atom. The predicted molar refractivity (Wildman–Crippen MR) is 55.3 cm³/mol. The Morgan fingerprint density at radius 2 is 2.15 bits per heavy atom. The lowest BCUT2D eigenvalue weighted by Crippen LogP contribution is -2.53. The van der Waals surface area contributed by atoms with Gasteiger partial charge in [0.2, 0.25) is 5.13 Å². The van der Waals surface area contributed by atoms with Crippen LogP contribution in [0, 0.1) is 0 Å². The summed E-state index contributed by atoms with van der Waals surface area (Å²) in [5, 5.41) is 1.10. The molecule has 0 bridgehead atoms. The first-order valence-corrected chi connectivity index (χ1v) is 5.60. The molecule has 72 valence electrons. The molecule has 2 heterocycles. The molecule has 1 fully saturated rings. The highest BCUT2D eigenvalue weighted by Crippen LogP contribution is 2.32. The molecular formula is C9H15N3S. The van der Waals surface area contributed by atoms with Crippen LogP contribution < -0.4 is 4.90 Å². The number of anilines is 1. The summed E-state index contributed by atoms with van der Waals surface area (Å²) in [5.74, 6) is 0.978. The van der Waals surface area contributed by atoms with Crippen LogP contribution in [0.5, 0.6) is 0 Å². The third kappa shape index (κ3) is 1.43. The molecule has 1 aromatic heterocycles. The molecule has 2 rings (SSSR count). The lowest BCUT2D eigenvalue weighted by atomic mass is 9.97. The molecule has 0 spiro atoms. The normalized spacial score (nSPS) is 27.5. The van der Waals surface area contributed by atoms with E-state index < -0.39 is 0 Å². The van der Waals surface area contributed by atoms with Crippen LogP contribution >= 0.6 is 11.5 Å². The molecule has 0 N–H and O–H groups in total. The average molecular weight is 197 g/mol. The molecule has 13 heavy (non-hydrogen) atoms. The number of rotatable bonds is 2. The van der Waals surface area contributed by atoms with E-state index in [1.54, 1.807) is 0 Å². The number of hydrogen-bond acceptors (Lipinski definition) is 4. The van der Waals surface area contributed by atoms with E-state index in [9.17, 15) is 0 Å². The lowest BCUT2D eigenvalue weighted by Gasteiger charge is -2.45. The zero-order valence-electron chi connectivity index (χ0n) is 8.32. The maximum Gasteiger partial charge on any atom is 0.205 e. The highest BCUT2D eigenvalue weighted by atomic mass is 32.1. The molecule has 0 amide bonds. The molecule has 2 unspecified atom stereocenters. The standard InChI is InChI=1S/C9H15N3S/c1-4-8-10-9(13-11-8)12-6(2)5-7(12)3/h6-7H,4-5H2,1-3H3. The van der Waals surface area contributed by atoms with Crippen LogP contribution in [0.4, 0.5) is 5.13 Å². The summed E-state index contributed by atoms with van der Waals surface area (Å²) in [6, 6.07) is 1.29. The van der Waals surface area contributed by atoms with Gasteiger partial charge in [-0.1, -0.05) is 6.92 Å². The molecule has 1 saturated heterocycles. The third-order valence-electron chi connectivity index (χ3n) is 2.63. The van der Waals surface area contributed by atoms with Gasteiger partial charge in [-0.3, -0.25) is 0 Å². The Morgan fingerprint density at radius 3 is 2.62 bits per heavy atom. The minimum Gasteiger partial charge on any atom is -0.341 e. The van der Waals surface area contributed by atoms with Crippen molar-refractivity contribution in [1.29, 1.82) is 0 Å². The maximum absolute atomic E-state index is 4.48. The Balaban J connectivity index is 2.15. The van der Waals surface area contributed by atoms with Gasteiger partial charge in [-0.25, -0.2) is 4.98 Å². The van der Waals surface area contributed by atoms with Crippen molar-refractivity contribution in [3.8, 4) is 0 Å². The van der Waals surface area contributed by atoms with E-state index in [4.69, 9.17) is 0 Å². The van der Waals surface area contributed by atoms with Gasteiger partial charge in [0.15, 0.2) is 0 Å². The molecular weight excluding hydrogens is 182 g/mol. The molecule has 0 aliphatic carbocycles. The fourth-order valence-corrected chi connectivity index (χ4v) is 2.84. The first kappa shape index (κ1) is 8.94. The Labute approximate surface area is 83.0 Å². The summed E-state index contributed by atoms with van der Waals surface area (Å²) in [6.45, 7) is 6.58. The van der Waals surface area contributed by atoms with E-state index in [-0.39, 0.29) is 0 Å². The van der Waals surface area contributed by atoms with Crippen molar-refractivity contribution in [3.63, 3.8) is 0 Å². The molecule has 0 saturated carbocycles. The van der Waals surface area contributed by atoms with E-state index >= 15 is 0 Å². The Hall–Kier alpha value is -0.640. The summed E-state index contributed by atoms with van der Waals surface area (Å²) in [5.41, 5.74) is 0. The average Bonchev–Trinajstić information content (AvgIpc) is 2.52. The molecule has 0 radical (unpaired) electrons.